The van der Waals surface area contributed by atoms with Crippen molar-refractivity contribution in [1.29, 1.82) is 0 Å². The number of ether oxygens (including phenoxy) is 10. The standard InChI is InChI=1S/C52H57F3N2O20/c1-8-56(48(65)70-22-28-12-13-37(36(16-28)57(66)67)74-47-44(73-27(4)60)42(72-26(3)59)41(71-25(2)58)43(76-47)45(64)68-7)24-69-23-39(63)52-40(75-46(77-52)29-10-9-11-30(53)17-29)20-32-33-19-35(54)34-18-31(61)14-15-49(34,5)51(33,55)38(62)21-50(32,52)6/h9-18,32-33,35,38,40-44,46-47,62H,8,19-24H2,1-7H3/t32?,33-,35-,38-,40+,41-,42-,43-,44+,46+,47+,49-,50-,51-,52+/m0/s1. The Morgan fingerprint density at radius 3 is 2.27 bits per heavy atom. The summed E-state index contributed by atoms with van der Waals surface area (Å²) in [5, 5.41) is 24.4. The molecule has 15 atom stereocenters. The zero-order valence-electron chi connectivity index (χ0n) is 42.8. The fourth-order valence-electron chi connectivity index (χ4n) is 12.3. The number of nitrogens with zero attached hydrogens (tertiary/aromatic N) is 2. The van der Waals surface area contributed by atoms with E-state index in [4.69, 9.17) is 47.4 Å². The minimum absolute atomic E-state index is 0.0338. The Hall–Kier alpha value is -6.80. The molecule has 1 amide bonds. The molecule has 2 aromatic carbocycles. The van der Waals surface area contributed by atoms with Crippen LogP contribution in [0.25, 0.3) is 0 Å². The molecule has 3 saturated carbocycles. The summed E-state index contributed by atoms with van der Waals surface area (Å²) in [7, 11) is 0.973. The molecule has 22 nitrogen and oxygen atoms in total. The lowest BCUT2D eigenvalue weighted by Crippen LogP contribution is -2.70. The van der Waals surface area contributed by atoms with Crippen molar-refractivity contribution in [2.75, 3.05) is 27.0 Å². The Balaban J connectivity index is 0.976. The molecule has 0 bridgehead atoms. The normalized spacial score (nSPS) is 34.7. The summed E-state index contributed by atoms with van der Waals surface area (Å²) in [4.78, 5) is 103. The van der Waals surface area contributed by atoms with Crippen molar-refractivity contribution in [3.8, 4) is 5.75 Å². The van der Waals surface area contributed by atoms with E-state index in [0.29, 0.717) is 0 Å². The number of nitro groups is 1. The van der Waals surface area contributed by atoms with Crippen LogP contribution in [0.1, 0.15) is 78.2 Å². The average Bonchev–Trinajstić information content (AvgIpc) is 3.87. The zero-order valence-corrected chi connectivity index (χ0v) is 42.8. The zero-order chi connectivity index (χ0) is 56.1. The fraction of sp³-hybridized carbons (Fsp3) is 0.558. The number of fused-ring (bicyclic) bond motifs is 7. The number of ketones is 2. The predicted molar refractivity (Wildman–Crippen MR) is 251 cm³/mol. The summed E-state index contributed by atoms with van der Waals surface area (Å²) in [6.45, 7) is 5.65. The van der Waals surface area contributed by atoms with Crippen molar-refractivity contribution < 1.29 is 104 Å². The summed E-state index contributed by atoms with van der Waals surface area (Å²) in [6.07, 6.45) is -13.4. The topological polar surface area (TPSA) is 278 Å². The molecule has 2 saturated heterocycles. The number of aliphatic hydroxyl groups excluding tert-OH is 1. The van der Waals surface area contributed by atoms with E-state index in [9.17, 15) is 53.2 Å². The maximum atomic E-state index is 18.0. The van der Waals surface area contributed by atoms with Crippen LogP contribution in [0.2, 0.25) is 0 Å². The number of amides is 1. The largest absolute Gasteiger partial charge is 0.467 e. The van der Waals surface area contributed by atoms with Gasteiger partial charge in [0.25, 0.3) is 0 Å². The van der Waals surface area contributed by atoms with Crippen LogP contribution in [0.15, 0.2) is 66.3 Å². The van der Waals surface area contributed by atoms with Gasteiger partial charge in [-0.1, -0.05) is 31.2 Å². The van der Waals surface area contributed by atoms with E-state index in [1.165, 1.54) is 37.3 Å². The van der Waals surface area contributed by atoms with E-state index in [0.717, 1.165) is 63.1 Å². The van der Waals surface area contributed by atoms with E-state index < -0.39 is 179 Å². The highest BCUT2D eigenvalue weighted by atomic mass is 19.1. The minimum atomic E-state index is -2.49. The second-order valence-corrected chi connectivity index (χ2v) is 20.1. The highest BCUT2D eigenvalue weighted by Crippen LogP contribution is 2.72. The number of rotatable bonds is 16. The molecule has 5 fully saturated rings. The van der Waals surface area contributed by atoms with Crippen molar-refractivity contribution in [3.05, 3.63) is 93.3 Å². The van der Waals surface area contributed by atoms with Gasteiger partial charge in [-0.2, -0.15) is 0 Å². The van der Waals surface area contributed by atoms with Crippen molar-refractivity contribution in [1.82, 2.24) is 4.90 Å². The Bertz CT molecular complexity index is 2790. The number of hydrogen-bond acceptors (Lipinski definition) is 20. The molecule has 0 radical (unpaired) electrons. The second kappa shape index (κ2) is 21.6. The highest BCUT2D eigenvalue weighted by Gasteiger charge is 2.80. The number of hydrogen-bond donors (Lipinski definition) is 1. The van der Waals surface area contributed by atoms with E-state index in [2.05, 4.69) is 0 Å². The summed E-state index contributed by atoms with van der Waals surface area (Å²) in [6, 6.07) is 8.64. The van der Waals surface area contributed by atoms with E-state index in [-0.39, 0.29) is 36.1 Å². The summed E-state index contributed by atoms with van der Waals surface area (Å²) in [5.41, 5.74) is -8.18. The lowest BCUT2D eigenvalue weighted by Gasteiger charge is -2.63. The van der Waals surface area contributed by atoms with Crippen molar-refractivity contribution in [3.63, 3.8) is 0 Å². The van der Waals surface area contributed by atoms with Crippen LogP contribution in [0, 0.1) is 38.6 Å². The molecular formula is C52H57F3N2O20. The average molecular weight is 1090 g/mol. The van der Waals surface area contributed by atoms with E-state index >= 15 is 8.78 Å². The number of halogens is 3. The monoisotopic (exact) mass is 1090 g/mol. The van der Waals surface area contributed by atoms with Crippen LogP contribution in [0.4, 0.5) is 23.7 Å². The van der Waals surface area contributed by atoms with Gasteiger partial charge in [0.2, 0.25) is 12.4 Å². The molecule has 0 aromatic heterocycles. The number of allylic oxidation sites excluding steroid dienone is 4. The minimum Gasteiger partial charge on any atom is -0.467 e. The molecule has 25 heteroatoms. The number of nitro benzene ring substituents is 1. The first-order valence-electron chi connectivity index (χ1n) is 24.6. The van der Waals surface area contributed by atoms with Gasteiger partial charge in [0.1, 0.15) is 31.9 Å². The van der Waals surface area contributed by atoms with E-state index in [1.807, 2.05) is 0 Å². The molecular weight excluding hydrogens is 1030 g/mol. The van der Waals surface area contributed by atoms with Gasteiger partial charge in [-0.3, -0.25) is 39.0 Å². The van der Waals surface area contributed by atoms with Crippen LogP contribution in [0.3, 0.4) is 0 Å². The maximum absolute atomic E-state index is 18.0. The van der Waals surface area contributed by atoms with Gasteiger partial charge in [0.15, 0.2) is 53.2 Å². The van der Waals surface area contributed by atoms with E-state index in [1.54, 1.807) is 13.8 Å². The first-order chi connectivity index (χ1) is 36.3. The van der Waals surface area contributed by atoms with Gasteiger partial charge in [-0.15, -0.1) is 0 Å². The van der Waals surface area contributed by atoms with Crippen LogP contribution in [-0.4, -0.2) is 144 Å². The number of benzene rings is 2. The summed E-state index contributed by atoms with van der Waals surface area (Å²) in [5.74, 6) is -8.47. The number of alkyl halides is 2. The highest BCUT2D eigenvalue weighted by molar-refractivity contribution is 6.01. The molecule has 1 N–H and O–H groups in total. The van der Waals surface area contributed by atoms with Gasteiger partial charge in [0.05, 0.1) is 24.2 Å². The molecule has 8 rings (SSSR count). The Morgan fingerprint density at radius 1 is 0.935 bits per heavy atom. The number of Topliss-reactive ketones (excluding diaryl/α,β-unsaturated/α-hetero) is 1. The number of methoxy groups -OCH3 is 1. The molecule has 2 heterocycles. The Kier molecular flexibility index (Phi) is 15.8. The van der Waals surface area contributed by atoms with Gasteiger partial charge >= 0.3 is 35.7 Å². The number of esters is 4. The Labute approximate surface area is 438 Å². The molecule has 0 spiro atoms. The van der Waals surface area contributed by atoms with Crippen LogP contribution < -0.4 is 4.74 Å². The number of carbonyl (C=O) groups is 7. The molecule has 416 valence electrons. The molecule has 77 heavy (non-hydrogen) atoms. The quantitative estimate of drug-likeness (QED) is 0.0753. The SMILES string of the molecule is CCN(COCC(=O)[C@@]12O[C@H](c3cccc(F)c3)O[C@@H]1CC1[C@@H]3C[C@H](F)C4=CC(=O)C=C[C@]4(C)[C@@]3(F)[C@@H](O)C[C@@]12C)C(=O)OCc1ccc(O[C@@H]2O[C@H](C(=O)OC)[C@@H](OC(C)=O)[C@H](OC(C)=O)[C@H]2OC(C)=O)c([N+](=O)[O-])c1. The first kappa shape index (κ1) is 56.4. The van der Waals surface area contributed by atoms with Gasteiger partial charge in [0, 0.05) is 55.7 Å². The van der Waals surface area contributed by atoms with Gasteiger partial charge < -0.3 is 52.5 Å². The molecule has 1 unspecified atom stereocenters. The number of carbonyl (C=O) groups excluding carboxylic acids is 7. The second-order valence-electron chi connectivity index (χ2n) is 20.1. The van der Waals surface area contributed by atoms with Crippen molar-refractivity contribution in [2.45, 2.75) is 134 Å². The lowest BCUT2D eigenvalue weighted by atomic mass is 9.44. The molecule has 4 aliphatic carbocycles. The third kappa shape index (κ3) is 9.95. The van der Waals surface area contributed by atoms with Crippen molar-refractivity contribution in [2.24, 2.45) is 22.7 Å². The predicted octanol–water partition coefficient (Wildman–Crippen LogP) is 5.09. The maximum Gasteiger partial charge on any atom is 0.411 e. The number of aliphatic hydroxyl groups is 1. The first-order valence-corrected chi connectivity index (χ1v) is 24.6. The van der Waals surface area contributed by atoms with Crippen LogP contribution in [0.5, 0.6) is 5.75 Å². The lowest BCUT2D eigenvalue weighted by molar-refractivity contribution is -0.387. The fourth-order valence-corrected chi connectivity index (χ4v) is 12.3. The third-order valence-electron chi connectivity index (χ3n) is 15.7. The van der Waals surface area contributed by atoms with Gasteiger partial charge in [-0.05, 0) is 80.5 Å². The molecule has 6 aliphatic rings. The van der Waals surface area contributed by atoms with Crippen molar-refractivity contribution >= 4 is 47.2 Å². The Morgan fingerprint density at radius 2 is 1.62 bits per heavy atom. The third-order valence-corrected chi connectivity index (χ3v) is 15.7. The summed E-state index contributed by atoms with van der Waals surface area (Å²) >= 11 is 0. The van der Waals surface area contributed by atoms with Crippen LogP contribution in [-0.2, 0) is 78.0 Å². The smallest absolute Gasteiger partial charge is 0.411 e. The molecule has 2 aliphatic heterocycles. The van der Waals surface area contributed by atoms with Crippen LogP contribution >= 0.6 is 0 Å². The molecule has 2 aromatic rings. The van der Waals surface area contributed by atoms with Gasteiger partial charge in [-0.25, -0.2) is 22.8 Å². The summed E-state index contributed by atoms with van der Waals surface area (Å²) < 4.78 is 105.